The Morgan fingerprint density at radius 3 is 1.89 bits per heavy atom. The number of hydrogen-bond donors (Lipinski definition) is 1. The predicted octanol–water partition coefficient (Wildman–Crippen LogP) is 2.59. The van der Waals surface area contributed by atoms with Gasteiger partial charge in [0.1, 0.15) is 0 Å². The summed E-state index contributed by atoms with van der Waals surface area (Å²) in [5, 5.41) is 3.29. The van der Waals surface area contributed by atoms with E-state index in [9.17, 15) is 0 Å². The Bertz CT molecular complexity index is 436. The van der Waals surface area contributed by atoms with Gasteiger partial charge in [0.15, 0.2) is 0 Å². The third-order valence-electron chi connectivity index (χ3n) is 4.88. The first kappa shape index (κ1) is 13.9. The van der Waals surface area contributed by atoms with Crippen LogP contribution in [0.4, 0.5) is 5.95 Å². The summed E-state index contributed by atoms with van der Waals surface area (Å²) in [7, 11) is 3.16. The third kappa shape index (κ3) is 2.33. The number of nitrogens with zero attached hydrogens (tertiary/aromatic N) is 2. The molecule has 1 aliphatic carbocycles. The first-order chi connectivity index (χ1) is 8.82. The quantitative estimate of drug-likeness (QED) is 0.886. The third-order valence-corrected chi connectivity index (χ3v) is 4.88. The van der Waals surface area contributed by atoms with Crippen LogP contribution in [0.15, 0.2) is 6.07 Å². The molecule has 19 heavy (non-hydrogen) atoms. The number of anilines is 1. The molecular formula is C14H23N3O2. The molecule has 106 valence electrons. The molecule has 0 aromatic carbocycles. The van der Waals surface area contributed by atoms with Crippen molar-refractivity contribution in [3.05, 3.63) is 6.07 Å². The summed E-state index contributed by atoms with van der Waals surface area (Å²) < 4.78 is 10.3. The molecule has 2 rings (SSSR count). The second-order valence-electron chi connectivity index (χ2n) is 6.15. The molecule has 0 aliphatic heterocycles. The molecule has 1 heterocycles. The molecule has 1 saturated carbocycles. The second-order valence-corrected chi connectivity index (χ2v) is 6.15. The lowest BCUT2D eigenvalue weighted by atomic mass is 10.0. The number of ether oxygens (including phenoxy) is 2. The van der Waals surface area contributed by atoms with Crippen LogP contribution in [0.2, 0.25) is 0 Å². The number of methoxy groups -OCH3 is 2. The van der Waals surface area contributed by atoms with Crippen molar-refractivity contribution in [1.29, 1.82) is 0 Å². The summed E-state index contributed by atoms with van der Waals surface area (Å²) in [6, 6.07) is 1.66. The molecule has 0 saturated heterocycles. The average molecular weight is 265 g/mol. The van der Waals surface area contributed by atoms with E-state index in [2.05, 4.69) is 43.0 Å². The molecule has 0 radical (unpaired) electrons. The molecular weight excluding hydrogens is 242 g/mol. The fourth-order valence-electron chi connectivity index (χ4n) is 2.73. The molecule has 1 N–H and O–H groups in total. The highest BCUT2D eigenvalue weighted by Gasteiger charge is 2.64. The number of aromatic nitrogens is 2. The lowest BCUT2D eigenvalue weighted by Gasteiger charge is -2.09. The Morgan fingerprint density at radius 1 is 1.05 bits per heavy atom. The van der Waals surface area contributed by atoms with Crippen LogP contribution in [0.5, 0.6) is 11.8 Å². The lowest BCUT2D eigenvalue weighted by Crippen LogP contribution is -2.11. The van der Waals surface area contributed by atoms with Crippen LogP contribution >= 0.6 is 0 Å². The Morgan fingerprint density at radius 2 is 1.53 bits per heavy atom. The highest BCUT2D eigenvalue weighted by molar-refractivity contribution is 5.34. The summed E-state index contributed by atoms with van der Waals surface area (Å²) in [4.78, 5) is 8.54. The van der Waals surface area contributed by atoms with Gasteiger partial charge in [-0.3, -0.25) is 0 Å². The molecule has 0 unspecified atom stereocenters. The summed E-state index contributed by atoms with van der Waals surface area (Å²) in [5.41, 5.74) is 0.700. The first-order valence-electron chi connectivity index (χ1n) is 6.54. The minimum absolute atomic E-state index is 0.350. The van der Waals surface area contributed by atoms with Crippen molar-refractivity contribution in [3.63, 3.8) is 0 Å². The van der Waals surface area contributed by atoms with Gasteiger partial charge in [-0.15, -0.1) is 0 Å². The predicted molar refractivity (Wildman–Crippen MR) is 74.7 cm³/mol. The largest absolute Gasteiger partial charge is 0.481 e. The summed E-state index contributed by atoms with van der Waals surface area (Å²) in [5.74, 6) is 2.17. The van der Waals surface area contributed by atoms with E-state index in [1.165, 1.54) is 0 Å². The summed E-state index contributed by atoms with van der Waals surface area (Å²) in [6.45, 7) is 10.0. The van der Waals surface area contributed by atoms with Crippen LogP contribution in [0.1, 0.15) is 27.7 Å². The second kappa shape index (κ2) is 4.54. The molecule has 1 fully saturated rings. The minimum atomic E-state index is 0.350. The Hall–Kier alpha value is -1.52. The van der Waals surface area contributed by atoms with Crippen LogP contribution in [-0.4, -0.2) is 30.7 Å². The van der Waals surface area contributed by atoms with E-state index in [1.807, 2.05) is 0 Å². The fraction of sp³-hybridized carbons (Fsp3) is 0.714. The normalized spacial score (nSPS) is 19.9. The van der Waals surface area contributed by atoms with E-state index in [0.717, 1.165) is 6.54 Å². The molecule has 0 spiro atoms. The first-order valence-corrected chi connectivity index (χ1v) is 6.54. The van der Waals surface area contributed by atoms with Crippen molar-refractivity contribution in [2.75, 3.05) is 26.1 Å². The van der Waals surface area contributed by atoms with E-state index >= 15 is 0 Å². The van der Waals surface area contributed by atoms with Crippen LogP contribution in [0.25, 0.3) is 0 Å². The average Bonchev–Trinajstić information content (AvgIpc) is 2.76. The highest BCUT2D eigenvalue weighted by Crippen LogP contribution is 2.68. The van der Waals surface area contributed by atoms with Crippen molar-refractivity contribution in [2.45, 2.75) is 27.7 Å². The van der Waals surface area contributed by atoms with Crippen LogP contribution in [0.3, 0.4) is 0 Å². The van der Waals surface area contributed by atoms with Gasteiger partial charge in [-0.2, -0.15) is 9.97 Å². The number of nitrogens with one attached hydrogen (secondary N) is 1. The maximum atomic E-state index is 5.13. The molecule has 0 atom stereocenters. The van der Waals surface area contributed by atoms with Gasteiger partial charge in [-0.1, -0.05) is 27.7 Å². The SMILES string of the molecule is COc1cc(OC)nc(NCC2C(C)(C)C2(C)C)n1. The standard InChI is InChI=1S/C14H23N3O2/c1-13(2)9(14(13,3)4)8-15-12-16-10(18-5)7-11(17-12)19-6/h7,9H,8H2,1-6H3,(H,15,16,17). The van der Waals surface area contributed by atoms with Gasteiger partial charge in [0.25, 0.3) is 0 Å². The molecule has 1 aromatic rings. The van der Waals surface area contributed by atoms with Crippen molar-refractivity contribution < 1.29 is 9.47 Å². The fourth-order valence-corrected chi connectivity index (χ4v) is 2.73. The molecule has 1 aromatic heterocycles. The van der Waals surface area contributed by atoms with Gasteiger partial charge in [0.2, 0.25) is 17.7 Å². The number of rotatable bonds is 5. The zero-order valence-electron chi connectivity index (χ0n) is 12.6. The minimum Gasteiger partial charge on any atom is -0.481 e. The Balaban J connectivity index is 2.05. The summed E-state index contributed by atoms with van der Waals surface area (Å²) >= 11 is 0. The highest BCUT2D eigenvalue weighted by atomic mass is 16.5. The maximum Gasteiger partial charge on any atom is 0.229 e. The van der Waals surface area contributed by atoms with Crippen molar-refractivity contribution in [1.82, 2.24) is 9.97 Å². The van der Waals surface area contributed by atoms with Crippen LogP contribution in [-0.2, 0) is 0 Å². The maximum absolute atomic E-state index is 5.13. The Labute approximate surface area is 114 Å². The zero-order chi connectivity index (χ0) is 14.3. The van der Waals surface area contributed by atoms with Gasteiger partial charge in [0.05, 0.1) is 20.3 Å². The topological polar surface area (TPSA) is 56.3 Å². The molecule has 0 amide bonds. The summed E-state index contributed by atoms with van der Waals surface area (Å²) in [6.07, 6.45) is 0. The van der Waals surface area contributed by atoms with Gasteiger partial charge in [-0.25, -0.2) is 0 Å². The van der Waals surface area contributed by atoms with E-state index < -0.39 is 0 Å². The smallest absolute Gasteiger partial charge is 0.229 e. The van der Waals surface area contributed by atoms with E-state index in [1.54, 1.807) is 20.3 Å². The van der Waals surface area contributed by atoms with Gasteiger partial charge < -0.3 is 14.8 Å². The van der Waals surface area contributed by atoms with Gasteiger partial charge >= 0.3 is 0 Å². The Kier molecular flexibility index (Phi) is 3.32. The molecule has 1 aliphatic rings. The zero-order valence-corrected chi connectivity index (χ0v) is 12.6. The van der Waals surface area contributed by atoms with Gasteiger partial charge in [0, 0.05) is 6.54 Å². The van der Waals surface area contributed by atoms with Crippen molar-refractivity contribution in [2.24, 2.45) is 16.7 Å². The van der Waals surface area contributed by atoms with Crippen LogP contribution in [0, 0.1) is 16.7 Å². The van der Waals surface area contributed by atoms with E-state index in [0.29, 0.717) is 34.5 Å². The molecule has 0 bridgehead atoms. The van der Waals surface area contributed by atoms with E-state index in [-0.39, 0.29) is 0 Å². The lowest BCUT2D eigenvalue weighted by molar-refractivity contribution is 0.372. The number of hydrogen-bond acceptors (Lipinski definition) is 5. The van der Waals surface area contributed by atoms with E-state index in [4.69, 9.17) is 9.47 Å². The molecule has 5 nitrogen and oxygen atoms in total. The van der Waals surface area contributed by atoms with Crippen LogP contribution < -0.4 is 14.8 Å². The van der Waals surface area contributed by atoms with Gasteiger partial charge in [-0.05, 0) is 16.7 Å². The van der Waals surface area contributed by atoms with Crippen molar-refractivity contribution in [3.8, 4) is 11.8 Å². The monoisotopic (exact) mass is 265 g/mol. The van der Waals surface area contributed by atoms with Crippen molar-refractivity contribution >= 4 is 5.95 Å². The molecule has 5 heteroatoms.